The number of amides is 1. The van der Waals surface area contributed by atoms with Crippen molar-refractivity contribution in [1.82, 2.24) is 9.80 Å². The molecule has 0 bridgehead atoms. The van der Waals surface area contributed by atoms with Crippen LogP contribution in [0.2, 0.25) is 0 Å². The SMILES string of the molecule is CC1CN(C)CCC1Nc1cccc(C(=O)N2CCC(CO)CC2)c1. The van der Waals surface area contributed by atoms with Crippen LogP contribution >= 0.6 is 0 Å². The van der Waals surface area contributed by atoms with Gasteiger partial charge in [-0.25, -0.2) is 0 Å². The number of nitrogens with one attached hydrogen (secondary N) is 1. The van der Waals surface area contributed by atoms with Crippen LogP contribution in [0.1, 0.15) is 36.5 Å². The maximum Gasteiger partial charge on any atom is 0.253 e. The predicted molar refractivity (Wildman–Crippen MR) is 101 cm³/mol. The summed E-state index contributed by atoms with van der Waals surface area (Å²) < 4.78 is 0. The van der Waals surface area contributed by atoms with Gasteiger partial charge in [0.2, 0.25) is 0 Å². The lowest BCUT2D eigenvalue weighted by Crippen LogP contribution is -2.43. The van der Waals surface area contributed by atoms with E-state index in [1.165, 1.54) is 0 Å². The first kappa shape index (κ1) is 18.2. The number of rotatable bonds is 4. The number of likely N-dealkylation sites (tertiary alicyclic amines) is 2. The van der Waals surface area contributed by atoms with Gasteiger partial charge in [-0.3, -0.25) is 4.79 Å². The van der Waals surface area contributed by atoms with Gasteiger partial charge in [-0.2, -0.15) is 0 Å². The zero-order chi connectivity index (χ0) is 17.8. The molecule has 2 heterocycles. The third-order valence-corrected chi connectivity index (χ3v) is 5.73. The van der Waals surface area contributed by atoms with Crippen molar-refractivity contribution < 1.29 is 9.90 Å². The van der Waals surface area contributed by atoms with Gasteiger partial charge in [-0.15, -0.1) is 0 Å². The van der Waals surface area contributed by atoms with Crippen LogP contribution in [0.25, 0.3) is 0 Å². The Kier molecular flexibility index (Phi) is 5.97. The summed E-state index contributed by atoms with van der Waals surface area (Å²) in [5.74, 6) is 1.05. The zero-order valence-corrected chi connectivity index (χ0v) is 15.4. The standard InChI is InChI=1S/C20H31N3O2/c1-15-13-22(2)9-8-19(15)21-18-5-3-4-17(12-18)20(25)23-10-6-16(14-24)7-11-23/h3-5,12,15-16,19,21,24H,6-11,13-14H2,1-2H3. The molecule has 3 rings (SSSR count). The lowest BCUT2D eigenvalue weighted by atomic mass is 9.94. The highest BCUT2D eigenvalue weighted by molar-refractivity contribution is 5.95. The molecule has 0 saturated carbocycles. The van der Waals surface area contributed by atoms with E-state index in [-0.39, 0.29) is 12.5 Å². The average Bonchev–Trinajstić information content (AvgIpc) is 2.64. The van der Waals surface area contributed by atoms with Crippen LogP contribution in [0.3, 0.4) is 0 Å². The van der Waals surface area contributed by atoms with E-state index in [9.17, 15) is 9.90 Å². The molecular formula is C20H31N3O2. The molecule has 1 aromatic carbocycles. The van der Waals surface area contributed by atoms with Gasteiger partial charge in [0.1, 0.15) is 0 Å². The van der Waals surface area contributed by atoms with Crippen molar-refractivity contribution >= 4 is 11.6 Å². The Morgan fingerprint density at radius 3 is 2.68 bits per heavy atom. The van der Waals surface area contributed by atoms with E-state index < -0.39 is 0 Å². The molecule has 2 fully saturated rings. The highest BCUT2D eigenvalue weighted by Gasteiger charge is 2.25. The van der Waals surface area contributed by atoms with Crippen molar-refractivity contribution in [2.24, 2.45) is 11.8 Å². The molecule has 0 aliphatic carbocycles. The molecule has 0 aromatic heterocycles. The fourth-order valence-electron chi connectivity index (χ4n) is 4.03. The average molecular weight is 345 g/mol. The minimum atomic E-state index is 0.108. The minimum Gasteiger partial charge on any atom is -0.396 e. The van der Waals surface area contributed by atoms with Crippen molar-refractivity contribution in [3.63, 3.8) is 0 Å². The molecule has 2 saturated heterocycles. The molecule has 25 heavy (non-hydrogen) atoms. The monoisotopic (exact) mass is 345 g/mol. The number of carbonyl (C=O) groups excluding carboxylic acids is 1. The summed E-state index contributed by atoms with van der Waals surface area (Å²) in [4.78, 5) is 17.1. The lowest BCUT2D eigenvalue weighted by Gasteiger charge is -2.36. The molecule has 5 heteroatoms. The van der Waals surface area contributed by atoms with Gasteiger partial charge in [0, 0.05) is 43.5 Å². The van der Waals surface area contributed by atoms with Crippen molar-refractivity contribution in [1.29, 1.82) is 0 Å². The fourth-order valence-corrected chi connectivity index (χ4v) is 4.03. The molecule has 2 unspecified atom stereocenters. The summed E-state index contributed by atoms with van der Waals surface area (Å²) in [5, 5.41) is 12.9. The van der Waals surface area contributed by atoms with Gasteiger partial charge in [0.05, 0.1) is 0 Å². The Morgan fingerprint density at radius 1 is 1.24 bits per heavy atom. The number of anilines is 1. The summed E-state index contributed by atoms with van der Waals surface area (Å²) in [6.45, 7) is 6.22. The summed E-state index contributed by atoms with van der Waals surface area (Å²) in [6.07, 6.45) is 2.92. The first-order valence-electron chi connectivity index (χ1n) is 9.52. The predicted octanol–water partition coefficient (Wildman–Crippen LogP) is 2.28. The third kappa shape index (κ3) is 4.53. The minimum absolute atomic E-state index is 0.108. The normalized spacial score (nSPS) is 25.8. The number of piperidine rings is 2. The molecule has 1 amide bonds. The number of aliphatic hydroxyl groups is 1. The molecule has 5 nitrogen and oxygen atoms in total. The van der Waals surface area contributed by atoms with Crippen molar-refractivity contribution in [3.8, 4) is 0 Å². The van der Waals surface area contributed by atoms with E-state index in [4.69, 9.17) is 0 Å². The number of carbonyl (C=O) groups is 1. The largest absolute Gasteiger partial charge is 0.396 e. The number of nitrogens with zero attached hydrogens (tertiary/aromatic N) is 2. The quantitative estimate of drug-likeness (QED) is 0.879. The number of hydrogen-bond donors (Lipinski definition) is 2. The van der Waals surface area contributed by atoms with Crippen LogP contribution in [0, 0.1) is 11.8 Å². The van der Waals surface area contributed by atoms with E-state index in [2.05, 4.69) is 30.3 Å². The maximum atomic E-state index is 12.8. The van der Waals surface area contributed by atoms with Crippen molar-refractivity contribution in [3.05, 3.63) is 29.8 Å². The second-order valence-corrected chi connectivity index (χ2v) is 7.78. The van der Waals surface area contributed by atoms with Crippen LogP contribution in [0.15, 0.2) is 24.3 Å². The smallest absolute Gasteiger partial charge is 0.253 e. The maximum absolute atomic E-state index is 12.8. The van der Waals surface area contributed by atoms with E-state index >= 15 is 0 Å². The molecule has 0 radical (unpaired) electrons. The van der Waals surface area contributed by atoms with Gasteiger partial charge < -0.3 is 20.2 Å². The van der Waals surface area contributed by atoms with Crippen molar-refractivity contribution in [2.45, 2.75) is 32.2 Å². The Bertz CT molecular complexity index is 584. The molecule has 0 spiro atoms. The van der Waals surface area contributed by atoms with Crippen LogP contribution in [0.4, 0.5) is 5.69 Å². The molecule has 2 atom stereocenters. The van der Waals surface area contributed by atoms with Gasteiger partial charge in [0.15, 0.2) is 0 Å². The van der Waals surface area contributed by atoms with Crippen molar-refractivity contribution in [2.75, 3.05) is 45.2 Å². The lowest BCUT2D eigenvalue weighted by molar-refractivity contribution is 0.0651. The van der Waals surface area contributed by atoms with Crippen LogP contribution in [-0.4, -0.2) is 66.7 Å². The summed E-state index contributed by atoms with van der Waals surface area (Å²) in [7, 11) is 2.17. The van der Waals surface area contributed by atoms with Gasteiger partial charge in [-0.05, 0) is 62.9 Å². The summed E-state index contributed by atoms with van der Waals surface area (Å²) >= 11 is 0. The number of benzene rings is 1. The zero-order valence-electron chi connectivity index (χ0n) is 15.4. The number of aliphatic hydroxyl groups excluding tert-OH is 1. The molecule has 2 aliphatic rings. The molecule has 1 aromatic rings. The van der Waals surface area contributed by atoms with Crippen LogP contribution in [-0.2, 0) is 0 Å². The Labute approximate surface area is 151 Å². The van der Waals surface area contributed by atoms with E-state index in [0.29, 0.717) is 17.9 Å². The van der Waals surface area contributed by atoms with Gasteiger partial charge in [-0.1, -0.05) is 13.0 Å². The third-order valence-electron chi connectivity index (χ3n) is 5.73. The van der Waals surface area contributed by atoms with E-state index in [1.807, 2.05) is 23.1 Å². The second kappa shape index (κ2) is 8.19. The summed E-state index contributed by atoms with van der Waals surface area (Å²) in [6, 6.07) is 8.38. The Morgan fingerprint density at radius 2 is 2.00 bits per heavy atom. The molecule has 138 valence electrons. The Balaban J connectivity index is 1.62. The second-order valence-electron chi connectivity index (χ2n) is 7.78. The topological polar surface area (TPSA) is 55.8 Å². The fraction of sp³-hybridized carbons (Fsp3) is 0.650. The van der Waals surface area contributed by atoms with Gasteiger partial charge in [0.25, 0.3) is 5.91 Å². The van der Waals surface area contributed by atoms with Gasteiger partial charge >= 0.3 is 0 Å². The van der Waals surface area contributed by atoms with E-state index in [1.54, 1.807) is 0 Å². The first-order chi connectivity index (χ1) is 12.1. The highest BCUT2D eigenvalue weighted by atomic mass is 16.3. The number of hydrogen-bond acceptors (Lipinski definition) is 4. The summed E-state index contributed by atoms with van der Waals surface area (Å²) in [5.41, 5.74) is 1.80. The van der Waals surface area contributed by atoms with E-state index in [0.717, 1.165) is 56.7 Å². The molecule has 2 aliphatic heterocycles. The van der Waals surface area contributed by atoms with Crippen LogP contribution < -0.4 is 5.32 Å². The highest BCUT2D eigenvalue weighted by Crippen LogP contribution is 2.23. The first-order valence-corrected chi connectivity index (χ1v) is 9.52. The van der Waals surface area contributed by atoms with Crippen LogP contribution in [0.5, 0.6) is 0 Å². The molecular weight excluding hydrogens is 314 g/mol. The Hall–Kier alpha value is -1.59. The molecule has 2 N–H and O–H groups in total.